The van der Waals surface area contributed by atoms with E-state index in [1.807, 2.05) is 18.2 Å². The molecular weight excluding hydrogens is 242 g/mol. The summed E-state index contributed by atoms with van der Waals surface area (Å²) >= 11 is 1.73. The van der Waals surface area contributed by atoms with Crippen molar-refractivity contribution in [2.45, 2.75) is 19.9 Å². The van der Waals surface area contributed by atoms with Crippen LogP contribution in [0.4, 0.5) is 11.6 Å². The molecule has 0 fully saturated rings. The summed E-state index contributed by atoms with van der Waals surface area (Å²) in [6.07, 6.45) is 1.11. The highest BCUT2D eigenvalue weighted by Crippen LogP contribution is 2.16. The first-order valence-electron chi connectivity index (χ1n) is 6.22. The first-order valence-corrected chi connectivity index (χ1v) is 7.17. The number of nitrogens with zero attached hydrogens (tertiary/aromatic N) is 2. The van der Waals surface area contributed by atoms with Gasteiger partial charge in [0.2, 0.25) is 0 Å². The molecule has 0 amide bonds. The summed E-state index contributed by atoms with van der Waals surface area (Å²) in [6, 6.07) is 8.26. The number of rotatable bonds is 6. The van der Waals surface area contributed by atoms with Crippen molar-refractivity contribution >= 4 is 23.0 Å². The van der Waals surface area contributed by atoms with Crippen molar-refractivity contribution in [3.8, 4) is 0 Å². The third-order valence-electron chi connectivity index (χ3n) is 2.68. The molecule has 0 radical (unpaired) electrons. The third kappa shape index (κ3) is 3.47. The molecular formula is C14H19N3S. The Kier molecular flexibility index (Phi) is 4.59. The van der Waals surface area contributed by atoms with Crippen LogP contribution in [-0.2, 0) is 6.54 Å². The minimum Gasteiger partial charge on any atom is -0.370 e. The molecule has 18 heavy (non-hydrogen) atoms. The van der Waals surface area contributed by atoms with E-state index in [2.05, 4.69) is 46.0 Å². The zero-order valence-corrected chi connectivity index (χ0v) is 11.7. The average molecular weight is 261 g/mol. The van der Waals surface area contributed by atoms with E-state index in [4.69, 9.17) is 0 Å². The molecule has 0 unspecified atom stereocenters. The number of pyridine rings is 1. The molecule has 96 valence electrons. The molecule has 0 atom stereocenters. The van der Waals surface area contributed by atoms with Gasteiger partial charge in [0.15, 0.2) is 0 Å². The number of aromatic nitrogens is 1. The van der Waals surface area contributed by atoms with Gasteiger partial charge in [0.1, 0.15) is 11.6 Å². The standard InChI is InChI=1S/C14H19N3S/c1-3-8-15-13-5-4-6-14(16-13)17(2)10-12-7-9-18-11-12/h4-7,9,11H,3,8,10H2,1-2H3,(H,15,16). The van der Waals surface area contributed by atoms with E-state index in [-0.39, 0.29) is 0 Å². The zero-order chi connectivity index (χ0) is 12.8. The van der Waals surface area contributed by atoms with Gasteiger partial charge < -0.3 is 10.2 Å². The molecule has 0 aromatic carbocycles. The molecule has 0 aliphatic heterocycles. The van der Waals surface area contributed by atoms with E-state index in [0.29, 0.717) is 0 Å². The lowest BCUT2D eigenvalue weighted by molar-refractivity contribution is 0.897. The quantitative estimate of drug-likeness (QED) is 0.861. The van der Waals surface area contributed by atoms with Gasteiger partial charge in [-0.1, -0.05) is 13.0 Å². The van der Waals surface area contributed by atoms with E-state index in [1.165, 1.54) is 5.56 Å². The van der Waals surface area contributed by atoms with E-state index >= 15 is 0 Å². The Morgan fingerprint density at radius 1 is 1.33 bits per heavy atom. The van der Waals surface area contributed by atoms with Crippen molar-refractivity contribution in [1.82, 2.24) is 4.98 Å². The van der Waals surface area contributed by atoms with Gasteiger partial charge in [-0.3, -0.25) is 0 Å². The zero-order valence-electron chi connectivity index (χ0n) is 10.9. The van der Waals surface area contributed by atoms with Crippen LogP contribution in [0.2, 0.25) is 0 Å². The molecule has 2 aromatic heterocycles. The number of anilines is 2. The van der Waals surface area contributed by atoms with Crippen LogP contribution in [0.5, 0.6) is 0 Å². The van der Waals surface area contributed by atoms with E-state index in [1.54, 1.807) is 11.3 Å². The van der Waals surface area contributed by atoms with Gasteiger partial charge in [0, 0.05) is 20.1 Å². The lowest BCUT2D eigenvalue weighted by Crippen LogP contribution is -2.17. The predicted molar refractivity (Wildman–Crippen MR) is 79.4 cm³/mol. The molecule has 3 nitrogen and oxygen atoms in total. The van der Waals surface area contributed by atoms with Crippen molar-refractivity contribution in [2.75, 3.05) is 23.8 Å². The second-order valence-corrected chi connectivity index (χ2v) is 5.08. The molecule has 1 N–H and O–H groups in total. The number of hydrogen-bond acceptors (Lipinski definition) is 4. The summed E-state index contributed by atoms with van der Waals surface area (Å²) < 4.78 is 0. The van der Waals surface area contributed by atoms with Crippen LogP contribution in [0.3, 0.4) is 0 Å². The molecule has 2 heterocycles. The van der Waals surface area contributed by atoms with Gasteiger partial charge in [-0.05, 0) is 40.9 Å². The second-order valence-electron chi connectivity index (χ2n) is 4.30. The Morgan fingerprint density at radius 2 is 2.22 bits per heavy atom. The maximum absolute atomic E-state index is 4.61. The maximum atomic E-state index is 4.61. The van der Waals surface area contributed by atoms with E-state index in [9.17, 15) is 0 Å². The summed E-state index contributed by atoms with van der Waals surface area (Å²) in [7, 11) is 2.07. The fourth-order valence-corrected chi connectivity index (χ4v) is 2.38. The van der Waals surface area contributed by atoms with Crippen molar-refractivity contribution in [2.24, 2.45) is 0 Å². The van der Waals surface area contributed by atoms with Crippen LogP contribution < -0.4 is 10.2 Å². The molecule has 0 bridgehead atoms. The minimum absolute atomic E-state index is 0.897. The van der Waals surface area contributed by atoms with Crippen molar-refractivity contribution in [1.29, 1.82) is 0 Å². The summed E-state index contributed by atoms with van der Waals surface area (Å²) in [5.74, 6) is 1.95. The number of thiophene rings is 1. The van der Waals surface area contributed by atoms with Crippen LogP contribution >= 0.6 is 11.3 Å². The lowest BCUT2D eigenvalue weighted by atomic mass is 10.3. The topological polar surface area (TPSA) is 28.2 Å². The van der Waals surface area contributed by atoms with Gasteiger partial charge in [0.05, 0.1) is 0 Å². The Morgan fingerprint density at radius 3 is 2.94 bits per heavy atom. The molecule has 2 aromatic rings. The van der Waals surface area contributed by atoms with Gasteiger partial charge in [-0.2, -0.15) is 11.3 Å². The van der Waals surface area contributed by atoms with Crippen LogP contribution in [0.25, 0.3) is 0 Å². The fraction of sp³-hybridized carbons (Fsp3) is 0.357. The molecule has 0 saturated carbocycles. The average Bonchev–Trinajstić information content (AvgIpc) is 2.89. The molecule has 0 spiro atoms. The monoisotopic (exact) mass is 261 g/mol. The fourth-order valence-electron chi connectivity index (χ4n) is 1.72. The summed E-state index contributed by atoms with van der Waals surface area (Å²) in [5, 5.41) is 7.60. The van der Waals surface area contributed by atoms with Crippen molar-refractivity contribution < 1.29 is 0 Å². The smallest absolute Gasteiger partial charge is 0.130 e. The van der Waals surface area contributed by atoms with Crippen LogP contribution in [0.15, 0.2) is 35.0 Å². The number of hydrogen-bond donors (Lipinski definition) is 1. The van der Waals surface area contributed by atoms with Gasteiger partial charge in [0.25, 0.3) is 0 Å². The first kappa shape index (κ1) is 12.9. The molecule has 0 aliphatic rings. The molecule has 4 heteroatoms. The molecule has 0 saturated heterocycles. The van der Waals surface area contributed by atoms with Crippen LogP contribution in [0.1, 0.15) is 18.9 Å². The highest BCUT2D eigenvalue weighted by Gasteiger charge is 2.04. The second kappa shape index (κ2) is 6.40. The highest BCUT2D eigenvalue weighted by atomic mass is 32.1. The summed E-state index contributed by atoms with van der Waals surface area (Å²) in [6.45, 7) is 4.01. The van der Waals surface area contributed by atoms with Crippen LogP contribution in [0, 0.1) is 0 Å². The lowest BCUT2D eigenvalue weighted by Gasteiger charge is -2.18. The normalized spacial score (nSPS) is 10.3. The molecule has 2 rings (SSSR count). The maximum Gasteiger partial charge on any atom is 0.130 e. The van der Waals surface area contributed by atoms with Crippen molar-refractivity contribution in [3.63, 3.8) is 0 Å². The Balaban J connectivity index is 2.03. The SMILES string of the molecule is CCCNc1cccc(N(C)Cc2ccsc2)n1. The van der Waals surface area contributed by atoms with Crippen molar-refractivity contribution in [3.05, 3.63) is 40.6 Å². The Labute approximate surface area is 112 Å². The largest absolute Gasteiger partial charge is 0.370 e. The summed E-state index contributed by atoms with van der Waals surface area (Å²) in [4.78, 5) is 6.77. The Hall–Kier alpha value is -1.55. The number of nitrogens with one attached hydrogen (secondary N) is 1. The predicted octanol–water partition coefficient (Wildman–Crippen LogP) is 3.60. The van der Waals surface area contributed by atoms with Crippen LogP contribution in [-0.4, -0.2) is 18.6 Å². The first-order chi connectivity index (χ1) is 8.79. The minimum atomic E-state index is 0.897. The van der Waals surface area contributed by atoms with Gasteiger partial charge >= 0.3 is 0 Å². The highest BCUT2D eigenvalue weighted by molar-refractivity contribution is 7.07. The van der Waals surface area contributed by atoms with Gasteiger partial charge in [-0.25, -0.2) is 4.98 Å². The van der Waals surface area contributed by atoms with E-state index in [0.717, 1.165) is 31.1 Å². The third-order valence-corrected chi connectivity index (χ3v) is 3.41. The van der Waals surface area contributed by atoms with E-state index < -0.39 is 0 Å². The van der Waals surface area contributed by atoms with Gasteiger partial charge in [-0.15, -0.1) is 0 Å². The molecule has 0 aliphatic carbocycles. The summed E-state index contributed by atoms with van der Waals surface area (Å²) in [5.41, 5.74) is 1.33. The Bertz CT molecular complexity index is 468.